The van der Waals surface area contributed by atoms with E-state index >= 15 is 0 Å². The molecule has 0 spiro atoms. The Bertz CT molecular complexity index is 1280. The minimum absolute atomic E-state index is 0.160. The number of hydrogen-bond donors (Lipinski definition) is 1. The first-order chi connectivity index (χ1) is 15.5. The van der Waals surface area contributed by atoms with Gasteiger partial charge in [0.05, 0.1) is 11.7 Å². The Kier molecular flexibility index (Phi) is 5.23. The van der Waals surface area contributed by atoms with Crippen LogP contribution >= 0.6 is 12.2 Å². The van der Waals surface area contributed by atoms with Gasteiger partial charge in [0.15, 0.2) is 5.11 Å². The number of aromatic nitrogens is 2. The fourth-order valence-electron chi connectivity index (χ4n) is 4.31. The smallest absolute Gasteiger partial charge is 0.174 e. The van der Waals surface area contributed by atoms with Gasteiger partial charge >= 0.3 is 0 Å². The van der Waals surface area contributed by atoms with Gasteiger partial charge in [-0.1, -0.05) is 18.2 Å². The van der Waals surface area contributed by atoms with Crippen molar-refractivity contribution in [3.8, 4) is 5.69 Å². The molecule has 1 N–H and O–H groups in total. The maximum absolute atomic E-state index is 14.0. The zero-order valence-electron chi connectivity index (χ0n) is 17.9. The number of pyridine rings is 1. The third-order valence-electron chi connectivity index (χ3n) is 6.04. The van der Waals surface area contributed by atoms with Crippen molar-refractivity contribution < 1.29 is 4.39 Å². The van der Waals surface area contributed by atoms with Crippen LogP contribution in [0, 0.1) is 19.7 Å². The Morgan fingerprint density at radius 1 is 0.906 bits per heavy atom. The van der Waals surface area contributed by atoms with E-state index in [4.69, 9.17) is 12.2 Å². The summed E-state index contributed by atoms with van der Waals surface area (Å²) in [4.78, 5) is 6.76. The molecule has 1 fully saturated rings. The van der Waals surface area contributed by atoms with Crippen LogP contribution < -0.4 is 10.2 Å². The number of thiocarbonyl (C=S) groups is 1. The number of hydrogen-bond acceptors (Lipinski definition) is 2. The molecule has 1 aliphatic heterocycles. The molecule has 0 bridgehead atoms. The largest absolute Gasteiger partial charge is 0.351 e. The van der Waals surface area contributed by atoms with Crippen LogP contribution in [-0.2, 0) is 0 Å². The summed E-state index contributed by atoms with van der Waals surface area (Å²) in [6, 6.07) is 22.6. The highest BCUT2D eigenvalue weighted by atomic mass is 32.1. The topological polar surface area (TPSA) is 33.1 Å². The second-order valence-corrected chi connectivity index (χ2v) is 8.43. The van der Waals surface area contributed by atoms with Crippen LogP contribution in [0.2, 0.25) is 0 Å². The lowest BCUT2D eigenvalue weighted by Gasteiger charge is -2.29. The Balaban J connectivity index is 1.68. The van der Waals surface area contributed by atoms with Crippen LogP contribution in [0.1, 0.15) is 34.6 Å². The highest BCUT2D eigenvalue weighted by molar-refractivity contribution is 7.80. The van der Waals surface area contributed by atoms with Gasteiger partial charge < -0.3 is 14.8 Å². The van der Waals surface area contributed by atoms with E-state index in [0.29, 0.717) is 5.11 Å². The number of rotatable bonds is 4. The average molecular weight is 443 g/mol. The predicted octanol–water partition coefficient (Wildman–Crippen LogP) is 5.81. The van der Waals surface area contributed by atoms with Crippen LogP contribution in [0.3, 0.4) is 0 Å². The van der Waals surface area contributed by atoms with Gasteiger partial charge in [-0.25, -0.2) is 4.39 Å². The van der Waals surface area contributed by atoms with Crippen molar-refractivity contribution in [2.24, 2.45) is 0 Å². The summed E-state index contributed by atoms with van der Waals surface area (Å²) in [6.07, 6.45) is 3.75. The molecule has 6 heteroatoms. The fraction of sp³-hybridized carbons (Fsp3) is 0.154. The number of anilines is 1. The summed E-state index contributed by atoms with van der Waals surface area (Å²) >= 11 is 5.83. The minimum Gasteiger partial charge on any atom is -0.351 e. The van der Waals surface area contributed by atoms with E-state index in [1.165, 1.54) is 17.2 Å². The molecule has 32 heavy (non-hydrogen) atoms. The van der Waals surface area contributed by atoms with Gasteiger partial charge in [0.2, 0.25) is 0 Å². The third-order valence-corrected chi connectivity index (χ3v) is 6.35. The quantitative estimate of drug-likeness (QED) is 0.405. The van der Waals surface area contributed by atoms with Gasteiger partial charge in [0.1, 0.15) is 11.9 Å². The van der Waals surface area contributed by atoms with E-state index < -0.39 is 0 Å². The number of nitrogens with one attached hydrogen (secondary N) is 1. The Morgan fingerprint density at radius 2 is 1.78 bits per heavy atom. The van der Waals surface area contributed by atoms with Crippen molar-refractivity contribution in [2.75, 3.05) is 4.90 Å². The molecule has 0 saturated carbocycles. The van der Waals surface area contributed by atoms with Crippen molar-refractivity contribution in [2.45, 2.75) is 25.9 Å². The summed E-state index contributed by atoms with van der Waals surface area (Å²) < 4.78 is 16.0. The molecule has 4 nitrogen and oxygen atoms in total. The molecule has 5 rings (SSSR count). The lowest BCUT2D eigenvalue weighted by Crippen LogP contribution is -2.30. The molecule has 0 aliphatic carbocycles. The summed E-state index contributed by atoms with van der Waals surface area (Å²) in [5.41, 5.74) is 6.11. The SMILES string of the molecule is Cc1ccc(N2C(=S)N[C@H](c3ccccn3)[C@@H]2c2cccn2-c2cccc(F)c2)cc1C. The van der Waals surface area contributed by atoms with Crippen LogP contribution in [0.15, 0.2) is 85.2 Å². The summed E-state index contributed by atoms with van der Waals surface area (Å²) in [5, 5.41) is 4.13. The third kappa shape index (κ3) is 3.56. The first-order valence-corrected chi connectivity index (χ1v) is 10.9. The highest BCUT2D eigenvalue weighted by Crippen LogP contribution is 2.42. The molecule has 3 heterocycles. The van der Waals surface area contributed by atoms with Gasteiger partial charge in [-0.3, -0.25) is 4.98 Å². The predicted molar refractivity (Wildman–Crippen MR) is 130 cm³/mol. The van der Waals surface area contributed by atoms with Gasteiger partial charge in [-0.05, 0) is 91.8 Å². The number of aryl methyl sites for hydroxylation is 2. The molecule has 4 aromatic rings. The van der Waals surface area contributed by atoms with Gasteiger partial charge in [0, 0.05) is 29.5 Å². The zero-order valence-corrected chi connectivity index (χ0v) is 18.7. The standard InChI is InChI=1S/C26H23FN4S/c1-17-11-12-21(15-18(17)2)31-25(24(29-26(31)32)22-9-3-4-13-28-22)23-10-6-14-30(23)20-8-5-7-19(27)16-20/h3-16,24-25H,1-2H3,(H,29,32)/t24-,25+/m1/s1. The van der Waals surface area contributed by atoms with E-state index in [0.717, 1.165) is 22.8 Å². The second-order valence-electron chi connectivity index (χ2n) is 8.05. The average Bonchev–Trinajstić information content (AvgIpc) is 3.40. The molecular weight excluding hydrogens is 419 g/mol. The fourth-order valence-corrected chi connectivity index (χ4v) is 4.65. The number of nitrogens with zero attached hydrogens (tertiary/aromatic N) is 3. The second kappa shape index (κ2) is 8.20. The molecule has 160 valence electrons. The van der Waals surface area contributed by atoms with E-state index in [9.17, 15) is 4.39 Å². The van der Waals surface area contributed by atoms with Crippen LogP contribution in [0.4, 0.5) is 10.1 Å². The first-order valence-electron chi connectivity index (χ1n) is 10.5. The summed E-state index contributed by atoms with van der Waals surface area (Å²) in [7, 11) is 0. The van der Waals surface area contributed by atoms with Gasteiger partial charge in [-0.15, -0.1) is 0 Å². The molecule has 1 aliphatic rings. The van der Waals surface area contributed by atoms with Crippen molar-refractivity contribution >= 4 is 23.0 Å². The summed E-state index contributed by atoms with van der Waals surface area (Å²) in [6.45, 7) is 4.20. The lowest BCUT2D eigenvalue weighted by atomic mass is 10.00. The van der Waals surface area contributed by atoms with Gasteiger partial charge in [-0.2, -0.15) is 0 Å². The molecule has 1 saturated heterocycles. The van der Waals surface area contributed by atoms with Crippen LogP contribution in [-0.4, -0.2) is 14.7 Å². The van der Waals surface area contributed by atoms with E-state index in [1.54, 1.807) is 18.3 Å². The van der Waals surface area contributed by atoms with E-state index in [2.05, 4.69) is 53.3 Å². The summed E-state index contributed by atoms with van der Waals surface area (Å²) in [5.74, 6) is -0.269. The Morgan fingerprint density at radius 3 is 2.53 bits per heavy atom. The first kappa shape index (κ1) is 20.4. The van der Waals surface area contributed by atoms with Crippen molar-refractivity contribution in [1.82, 2.24) is 14.9 Å². The lowest BCUT2D eigenvalue weighted by molar-refractivity contribution is 0.548. The molecule has 2 aromatic heterocycles. The van der Waals surface area contributed by atoms with Crippen molar-refractivity contribution in [3.63, 3.8) is 0 Å². The van der Waals surface area contributed by atoms with Crippen LogP contribution in [0.5, 0.6) is 0 Å². The maximum atomic E-state index is 14.0. The minimum atomic E-state index is -0.269. The molecule has 2 atom stereocenters. The zero-order chi connectivity index (χ0) is 22.2. The van der Waals surface area contributed by atoms with Crippen molar-refractivity contribution in [1.29, 1.82) is 0 Å². The van der Waals surface area contributed by atoms with Gasteiger partial charge in [0.25, 0.3) is 0 Å². The molecule has 2 aromatic carbocycles. The highest BCUT2D eigenvalue weighted by Gasteiger charge is 2.42. The van der Waals surface area contributed by atoms with E-state index in [1.807, 2.05) is 41.1 Å². The number of benzene rings is 2. The Labute approximate surface area is 192 Å². The normalized spacial score (nSPS) is 18.1. The molecule has 0 amide bonds. The number of halogens is 1. The molecular formula is C26H23FN4S. The molecule has 0 radical (unpaired) electrons. The molecule has 0 unspecified atom stereocenters. The maximum Gasteiger partial charge on any atom is 0.174 e. The Hall–Kier alpha value is -3.51. The monoisotopic (exact) mass is 442 g/mol. The van der Waals surface area contributed by atoms with Crippen molar-refractivity contribution in [3.05, 3.63) is 114 Å². The van der Waals surface area contributed by atoms with Crippen LogP contribution in [0.25, 0.3) is 5.69 Å². The van der Waals surface area contributed by atoms with E-state index in [-0.39, 0.29) is 17.9 Å².